The van der Waals surface area contributed by atoms with Gasteiger partial charge in [-0.25, -0.2) is 0 Å². The van der Waals surface area contributed by atoms with Gasteiger partial charge in [-0.2, -0.15) is 10.2 Å². The zero-order valence-electron chi connectivity index (χ0n) is 21.6. The van der Waals surface area contributed by atoms with Gasteiger partial charge in [-0.15, -0.1) is 0 Å². The molecule has 0 aliphatic carbocycles. The maximum absolute atomic E-state index is 5.45. The molecular weight excluding hydrogens is 544 g/mol. The predicted molar refractivity (Wildman–Crippen MR) is 167 cm³/mol. The summed E-state index contributed by atoms with van der Waals surface area (Å²) in [6.07, 6.45) is 0. The van der Waals surface area contributed by atoms with Gasteiger partial charge in [-0.05, 0) is 108 Å². The van der Waals surface area contributed by atoms with Gasteiger partial charge in [0.1, 0.15) is 11.5 Å². The molecule has 0 bridgehead atoms. The molecule has 0 spiro atoms. The first-order chi connectivity index (χ1) is 19.5. The molecule has 2 heterocycles. The van der Waals surface area contributed by atoms with E-state index in [4.69, 9.17) is 33.9 Å². The first-order valence-electron chi connectivity index (χ1n) is 12.1. The fourth-order valence-electron chi connectivity index (χ4n) is 3.80. The van der Waals surface area contributed by atoms with Crippen molar-refractivity contribution in [1.82, 2.24) is 20.4 Å². The molecule has 12 heteroatoms. The molecule has 3 aromatic carbocycles. The second kappa shape index (κ2) is 12.3. The summed E-state index contributed by atoms with van der Waals surface area (Å²) >= 11 is 10.9. The lowest BCUT2D eigenvalue weighted by molar-refractivity contribution is 0.415. The summed E-state index contributed by atoms with van der Waals surface area (Å²) in [7, 11) is 3.28. The molecule has 5 aromatic rings. The van der Waals surface area contributed by atoms with Crippen LogP contribution in [0.25, 0.3) is 22.5 Å². The van der Waals surface area contributed by atoms with Gasteiger partial charge in [0.2, 0.25) is 0 Å². The Kier molecular flexibility index (Phi) is 8.18. The number of benzene rings is 3. The molecule has 0 atom stereocenters. The number of rotatable bonds is 8. The van der Waals surface area contributed by atoms with Crippen molar-refractivity contribution >= 4 is 57.7 Å². The molecule has 202 valence electrons. The molecule has 0 aliphatic rings. The number of aromatic amines is 2. The number of thiocarbonyl (C=S) groups is 2. The van der Waals surface area contributed by atoms with Gasteiger partial charge < -0.3 is 30.7 Å². The minimum absolute atomic E-state index is 0.414. The first kappa shape index (κ1) is 26.7. The van der Waals surface area contributed by atoms with E-state index >= 15 is 0 Å². The van der Waals surface area contributed by atoms with Gasteiger partial charge in [-0.1, -0.05) is 0 Å². The van der Waals surface area contributed by atoms with Gasteiger partial charge in [0.25, 0.3) is 0 Å². The second-order valence-corrected chi connectivity index (χ2v) is 9.34. The maximum atomic E-state index is 5.45. The molecule has 0 fully saturated rings. The number of aromatic nitrogens is 4. The zero-order valence-corrected chi connectivity index (χ0v) is 23.2. The molecule has 2 aromatic heterocycles. The van der Waals surface area contributed by atoms with Gasteiger partial charge in [0.05, 0.1) is 25.6 Å². The van der Waals surface area contributed by atoms with Crippen molar-refractivity contribution in [2.45, 2.75) is 0 Å². The van der Waals surface area contributed by atoms with Gasteiger partial charge in [-0.3, -0.25) is 10.2 Å². The van der Waals surface area contributed by atoms with Crippen molar-refractivity contribution in [3.63, 3.8) is 0 Å². The van der Waals surface area contributed by atoms with Crippen LogP contribution in [0, 0.1) is 0 Å². The molecule has 0 saturated heterocycles. The summed E-state index contributed by atoms with van der Waals surface area (Å²) in [6.45, 7) is 0. The molecule has 0 aliphatic heterocycles. The van der Waals surface area contributed by atoms with Crippen molar-refractivity contribution in [2.24, 2.45) is 0 Å². The van der Waals surface area contributed by atoms with E-state index in [1.807, 2.05) is 84.9 Å². The number of nitrogens with one attached hydrogen (secondary N) is 6. The Hall–Kier alpha value is -4.94. The summed E-state index contributed by atoms with van der Waals surface area (Å²) in [5.74, 6) is 2.80. The standard InChI is InChI=1S/C28H26N8O2S2/c1-37-21-11-3-17(4-12-21)23-15-25(35-33-23)31-27(39)29-19-7-9-20(10-8-19)30-28(40)32-26-16-24(34-36-26)18-5-13-22(38-2)14-6-18/h3-16H,1-2H3,(H3,29,31,33,35,39)(H3,30,32,34,36,40). The van der Waals surface area contributed by atoms with Crippen LogP contribution in [0.2, 0.25) is 0 Å². The molecule has 10 nitrogen and oxygen atoms in total. The minimum Gasteiger partial charge on any atom is -0.497 e. The quantitative estimate of drug-likeness (QED) is 0.122. The van der Waals surface area contributed by atoms with Crippen molar-refractivity contribution < 1.29 is 9.47 Å². The largest absolute Gasteiger partial charge is 0.497 e. The van der Waals surface area contributed by atoms with Crippen molar-refractivity contribution in [3.8, 4) is 34.0 Å². The van der Waals surface area contributed by atoms with E-state index in [9.17, 15) is 0 Å². The molecule has 0 saturated carbocycles. The van der Waals surface area contributed by atoms with Crippen LogP contribution in [0.4, 0.5) is 23.0 Å². The monoisotopic (exact) mass is 570 g/mol. The predicted octanol–water partition coefficient (Wildman–Crippen LogP) is 6.10. The lowest BCUT2D eigenvalue weighted by Gasteiger charge is -2.11. The number of hydrogen-bond donors (Lipinski definition) is 6. The molecule has 0 unspecified atom stereocenters. The highest BCUT2D eigenvalue weighted by molar-refractivity contribution is 7.81. The zero-order chi connectivity index (χ0) is 27.9. The Morgan fingerprint density at radius 3 is 1.30 bits per heavy atom. The van der Waals surface area contributed by atoms with Gasteiger partial charge in [0.15, 0.2) is 21.9 Å². The van der Waals surface area contributed by atoms with Crippen LogP contribution in [-0.2, 0) is 0 Å². The van der Waals surface area contributed by atoms with E-state index in [-0.39, 0.29) is 0 Å². The van der Waals surface area contributed by atoms with Crippen LogP contribution >= 0.6 is 24.4 Å². The smallest absolute Gasteiger partial charge is 0.176 e. The van der Waals surface area contributed by atoms with E-state index < -0.39 is 0 Å². The molecular formula is C28H26N8O2S2. The van der Waals surface area contributed by atoms with Gasteiger partial charge >= 0.3 is 0 Å². The Labute approximate surface area is 241 Å². The average Bonchev–Trinajstić information content (AvgIpc) is 3.64. The van der Waals surface area contributed by atoms with Crippen molar-refractivity contribution in [2.75, 3.05) is 35.5 Å². The van der Waals surface area contributed by atoms with Crippen molar-refractivity contribution in [1.29, 1.82) is 0 Å². The summed E-state index contributed by atoms with van der Waals surface area (Å²) in [5, 5.41) is 27.9. The number of ether oxygens (including phenoxy) is 2. The van der Waals surface area contributed by atoms with E-state index in [1.165, 1.54) is 0 Å². The number of anilines is 4. The Balaban J connectivity index is 1.11. The van der Waals surface area contributed by atoms with Crippen LogP contribution < -0.4 is 30.7 Å². The first-order valence-corrected chi connectivity index (χ1v) is 13.0. The lowest BCUT2D eigenvalue weighted by atomic mass is 10.1. The number of H-pyrrole nitrogens is 2. The van der Waals surface area contributed by atoms with Crippen LogP contribution in [0.5, 0.6) is 11.5 Å². The van der Waals surface area contributed by atoms with Crippen molar-refractivity contribution in [3.05, 3.63) is 84.9 Å². The average molecular weight is 571 g/mol. The fourth-order valence-corrected chi connectivity index (χ4v) is 4.25. The highest BCUT2D eigenvalue weighted by Gasteiger charge is 2.08. The molecule has 6 N–H and O–H groups in total. The Morgan fingerprint density at radius 2 is 0.950 bits per heavy atom. The normalized spacial score (nSPS) is 10.4. The number of methoxy groups -OCH3 is 2. The summed E-state index contributed by atoms with van der Waals surface area (Å²) < 4.78 is 10.4. The van der Waals surface area contributed by atoms with Crippen LogP contribution in [0.15, 0.2) is 84.9 Å². The highest BCUT2D eigenvalue weighted by atomic mass is 32.1. The number of nitrogens with zero attached hydrogens (tertiary/aromatic N) is 2. The van der Waals surface area contributed by atoms with E-state index in [2.05, 4.69) is 41.7 Å². The maximum Gasteiger partial charge on any atom is 0.176 e. The summed E-state index contributed by atoms with van der Waals surface area (Å²) in [5.41, 5.74) is 5.31. The van der Waals surface area contributed by atoms with Gasteiger partial charge in [0, 0.05) is 23.5 Å². The Bertz CT molecular complexity index is 1480. The summed E-state index contributed by atoms with van der Waals surface area (Å²) in [4.78, 5) is 0. The third-order valence-electron chi connectivity index (χ3n) is 5.84. The molecule has 0 amide bonds. The van der Waals surface area contributed by atoms with E-state index in [0.717, 1.165) is 45.4 Å². The second-order valence-electron chi connectivity index (χ2n) is 8.53. The van der Waals surface area contributed by atoms with Crippen LogP contribution in [-0.4, -0.2) is 44.8 Å². The fraction of sp³-hybridized carbons (Fsp3) is 0.0714. The summed E-state index contributed by atoms with van der Waals surface area (Å²) in [6, 6.07) is 26.7. The van der Waals surface area contributed by atoms with Crippen LogP contribution in [0.1, 0.15) is 0 Å². The lowest BCUT2D eigenvalue weighted by Crippen LogP contribution is -2.20. The minimum atomic E-state index is 0.414. The highest BCUT2D eigenvalue weighted by Crippen LogP contribution is 2.24. The SMILES string of the molecule is COc1ccc(-c2cc(NC(=S)Nc3ccc(NC(=S)Nc4cc(-c5ccc(OC)cc5)[nH]n4)cc3)n[nH]2)cc1. The molecule has 0 radical (unpaired) electrons. The topological polar surface area (TPSA) is 124 Å². The molecule has 40 heavy (non-hydrogen) atoms. The number of hydrogen-bond acceptors (Lipinski definition) is 6. The van der Waals surface area contributed by atoms with E-state index in [0.29, 0.717) is 21.9 Å². The third-order valence-corrected chi connectivity index (χ3v) is 6.25. The Morgan fingerprint density at radius 1 is 0.575 bits per heavy atom. The van der Waals surface area contributed by atoms with E-state index in [1.54, 1.807) is 14.2 Å². The molecule has 5 rings (SSSR count). The van der Waals surface area contributed by atoms with Crippen LogP contribution in [0.3, 0.4) is 0 Å². The third kappa shape index (κ3) is 6.73.